The number of hydrogen-bond acceptors (Lipinski definition) is 7. The van der Waals surface area contributed by atoms with Gasteiger partial charge in [-0.3, -0.25) is 5.32 Å². The van der Waals surface area contributed by atoms with Gasteiger partial charge in [0.25, 0.3) is 0 Å². The van der Waals surface area contributed by atoms with Crippen molar-refractivity contribution in [3.63, 3.8) is 0 Å². The zero-order valence-corrected chi connectivity index (χ0v) is 15.8. The van der Waals surface area contributed by atoms with Gasteiger partial charge < -0.3 is 0 Å². The smallest absolute Gasteiger partial charge is 0.230 e. The highest BCUT2D eigenvalue weighted by Crippen LogP contribution is 2.29. The zero-order valence-electron chi connectivity index (χ0n) is 14.2. The summed E-state index contributed by atoms with van der Waals surface area (Å²) in [4.78, 5) is 13.3. The second kappa shape index (κ2) is 6.30. The number of sulfone groups is 1. The minimum atomic E-state index is -3.55. The molecule has 2 aromatic heterocycles. The summed E-state index contributed by atoms with van der Waals surface area (Å²) in [5.74, 6) is 0.224. The first-order valence-electron chi connectivity index (χ1n) is 8.08. The Hall–Kier alpha value is -2.58. The first-order chi connectivity index (χ1) is 12.4. The molecule has 1 N–H and O–H groups in total. The van der Waals surface area contributed by atoms with Crippen LogP contribution in [0.15, 0.2) is 53.6 Å². The normalized spacial score (nSPS) is 12.1. The van der Waals surface area contributed by atoms with E-state index in [1.165, 1.54) is 11.3 Å². The Balaban J connectivity index is 1.85. The van der Waals surface area contributed by atoms with E-state index in [1.54, 1.807) is 32.0 Å². The van der Waals surface area contributed by atoms with Crippen molar-refractivity contribution < 1.29 is 8.42 Å². The van der Waals surface area contributed by atoms with E-state index in [-0.39, 0.29) is 11.0 Å². The molecule has 0 amide bonds. The lowest BCUT2D eigenvalue weighted by Gasteiger charge is -2.11. The van der Waals surface area contributed by atoms with E-state index >= 15 is 0 Å². The highest BCUT2D eigenvalue weighted by molar-refractivity contribution is 7.92. The van der Waals surface area contributed by atoms with Crippen LogP contribution in [-0.2, 0) is 9.84 Å². The van der Waals surface area contributed by atoms with Crippen LogP contribution in [0.3, 0.4) is 0 Å². The number of rotatable bonds is 4. The summed E-state index contributed by atoms with van der Waals surface area (Å²) in [6.45, 7) is 3.29. The topological polar surface area (TPSA) is 84.8 Å². The lowest BCUT2D eigenvalue weighted by atomic mass is 10.2. The third-order valence-electron chi connectivity index (χ3n) is 3.97. The van der Waals surface area contributed by atoms with Gasteiger partial charge in [0.2, 0.25) is 5.95 Å². The van der Waals surface area contributed by atoms with Gasteiger partial charge in [-0.2, -0.15) is 0 Å². The van der Waals surface area contributed by atoms with E-state index < -0.39 is 15.1 Å². The van der Waals surface area contributed by atoms with Crippen LogP contribution in [0, 0.1) is 0 Å². The Morgan fingerprint density at radius 2 is 1.62 bits per heavy atom. The maximum atomic E-state index is 12.8. The number of hydrogen-bond donors (Lipinski definition) is 1. The Kier molecular flexibility index (Phi) is 4.08. The molecule has 2 heterocycles. The van der Waals surface area contributed by atoms with Crippen molar-refractivity contribution in [3.8, 4) is 0 Å². The Labute approximate surface area is 154 Å². The standard InChI is InChI=1S/C18H16N4O2S2/c1-11(2)26(23,24)16-12-7-3-4-8-13(12)19-17(21-16)22-18-20-14-9-5-6-10-15(14)25-18/h3-11H,1-2H3,(H,19,20,21,22). The molecule has 132 valence electrons. The molecule has 0 radical (unpaired) electrons. The number of nitrogens with zero attached hydrogens (tertiary/aromatic N) is 3. The fourth-order valence-electron chi connectivity index (χ4n) is 2.56. The summed E-state index contributed by atoms with van der Waals surface area (Å²) in [6, 6.07) is 14.9. The molecule has 0 aliphatic carbocycles. The molecule has 0 aliphatic heterocycles. The molecule has 6 nitrogen and oxygen atoms in total. The van der Waals surface area contributed by atoms with E-state index in [2.05, 4.69) is 20.3 Å². The minimum absolute atomic E-state index is 0.0433. The highest BCUT2D eigenvalue weighted by atomic mass is 32.2. The zero-order chi connectivity index (χ0) is 18.3. The van der Waals surface area contributed by atoms with Crippen LogP contribution in [0.1, 0.15) is 13.8 Å². The predicted molar refractivity (Wildman–Crippen MR) is 105 cm³/mol. The van der Waals surface area contributed by atoms with Gasteiger partial charge in [0, 0.05) is 5.39 Å². The van der Waals surface area contributed by atoms with Crippen molar-refractivity contribution in [3.05, 3.63) is 48.5 Å². The molecule has 0 fully saturated rings. The first-order valence-corrected chi connectivity index (χ1v) is 10.4. The monoisotopic (exact) mass is 384 g/mol. The third-order valence-corrected chi connectivity index (χ3v) is 7.01. The quantitative estimate of drug-likeness (QED) is 0.532. The summed E-state index contributed by atoms with van der Waals surface area (Å²) in [5, 5.41) is 3.67. The van der Waals surface area contributed by atoms with Crippen LogP contribution in [0.2, 0.25) is 0 Å². The molecule has 0 saturated carbocycles. The Bertz CT molecular complexity index is 1180. The number of para-hydroxylation sites is 2. The van der Waals surface area contributed by atoms with Crippen LogP contribution < -0.4 is 5.32 Å². The molecule has 0 atom stereocenters. The molecular formula is C18H16N4O2S2. The first kappa shape index (κ1) is 16.9. The van der Waals surface area contributed by atoms with E-state index in [1.807, 2.05) is 30.3 Å². The van der Waals surface area contributed by atoms with Crippen molar-refractivity contribution in [2.45, 2.75) is 24.1 Å². The number of nitrogens with one attached hydrogen (secondary N) is 1. The van der Waals surface area contributed by atoms with E-state index in [4.69, 9.17) is 0 Å². The Morgan fingerprint density at radius 1 is 0.923 bits per heavy atom. The highest BCUT2D eigenvalue weighted by Gasteiger charge is 2.25. The molecule has 8 heteroatoms. The van der Waals surface area contributed by atoms with Gasteiger partial charge in [-0.05, 0) is 38.1 Å². The van der Waals surface area contributed by atoms with E-state index in [0.717, 1.165) is 10.2 Å². The molecule has 2 aromatic carbocycles. The van der Waals surface area contributed by atoms with Crippen LogP contribution in [0.5, 0.6) is 0 Å². The second-order valence-corrected chi connectivity index (χ2v) is 9.53. The minimum Gasteiger partial charge on any atom is -0.300 e. The maximum Gasteiger partial charge on any atom is 0.230 e. The molecule has 0 bridgehead atoms. The summed E-state index contributed by atoms with van der Waals surface area (Å²) >= 11 is 1.47. The predicted octanol–water partition coefficient (Wildman–Crippen LogP) is 4.17. The SMILES string of the molecule is CC(C)S(=O)(=O)c1nc(Nc2nc3ccccc3s2)nc2ccccc12. The molecule has 26 heavy (non-hydrogen) atoms. The fraction of sp³-hybridized carbons (Fsp3) is 0.167. The number of anilines is 2. The average Bonchev–Trinajstić information content (AvgIpc) is 3.03. The summed E-state index contributed by atoms with van der Waals surface area (Å²) in [7, 11) is -3.55. The van der Waals surface area contributed by atoms with E-state index in [9.17, 15) is 8.42 Å². The van der Waals surface area contributed by atoms with Crippen molar-refractivity contribution in [2.75, 3.05) is 5.32 Å². The lowest BCUT2D eigenvalue weighted by Crippen LogP contribution is -2.17. The van der Waals surface area contributed by atoms with Crippen molar-refractivity contribution in [1.29, 1.82) is 0 Å². The van der Waals surface area contributed by atoms with Gasteiger partial charge in [-0.1, -0.05) is 35.6 Å². The molecular weight excluding hydrogens is 368 g/mol. The third kappa shape index (κ3) is 2.91. The van der Waals surface area contributed by atoms with Gasteiger partial charge in [0.1, 0.15) is 0 Å². The number of thiazole rings is 1. The van der Waals surface area contributed by atoms with Crippen molar-refractivity contribution in [1.82, 2.24) is 15.0 Å². The number of fused-ring (bicyclic) bond motifs is 2. The van der Waals surface area contributed by atoms with Gasteiger partial charge in [0.05, 0.1) is 21.0 Å². The van der Waals surface area contributed by atoms with Gasteiger partial charge in [-0.25, -0.2) is 23.4 Å². The summed E-state index contributed by atoms with van der Waals surface area (Å²) in [6.07, 6.45) is 0. The lowest BCUT2D eigenvalue weighted by molar-refractivity contribution is 0.584. The van der Waals surface area contributed by atoms with Crippen molar-refractivity contribution in [2.24, 2.45) is 0 Å². The molecule has 0 saturated heterocycles. The Morgan fingerprint density at radius 3 is 2.35 bits per heavy atom. The summed E-state index contributed by atoms with van der Waals surface area (Å²) in [5.41, 5.74) is 1.45. The molecule has 0 spiro atoms. The van der Waals surface area contributed by atoms with Gasteiger partial charge >= 0.3 is 0 Å². The largest absolute Gasteiger partial charge is 0.300 e. The van der Waals surface area contributed by atoms with Gasteiger partial charge in [0.15, 0.2) is 20.0 Å². The van der Waals surface area contributed by atoms with Crippen molar-refractivity contribution >= 4 is 53.4 Å². The number of benzene rings is 2. The fourth-order valence-corrected chi connectivity index (χ4v) is 4.56. The van der Waals surface area contributed by atoms with Crippen LogP contribution >= 0.6 is 11.3 Å². The average molecular weight is 384 g/mol. The van der Waals surface area contributed by atoms with Crippen LogP contribution in [0.4, 0.5) is 11.1 Å². The molecule has 4 aromatic rings. The van der Waals surface area contributed by atoms with E-state index in [0.29, 0.717) is 16.0 Å². The second-order valence-electron chi connectivity index (χ2n) is 6.08. The van der Waals surface area contributed by atoms with Crippen LogP contribution in [0.25, 0.3) is 21.1 Å². The summed E-state index contributed by atoms with van der Waals surface area (Å²) < 4.78 is 26.6. The van der Waals surface area contributed by atoms with Gasteiger partial charge in [-0.15, -0.1) is 0 Å². The maximum absolute atomic E-state index is 12.8. The molecule has 4 rings (SSSR count). The molecule has 0 unspecified atom stereocenters. The number of aromatic nitrogens is 3. The molecule has 0 aliphatic rings. The van der Waals surface area contributed by atoms with Crippen LogP contribution in [-0.4, -0.2) is 28.6 Å².